The van der Waals surface area contributed by atoms with Crippen LogP contribution in [0.5, 0.6) is 5.75 Å². The van der Waals surface area contributed by atoms with Crippen LogP contribution in [0.25, 0.3) is 10.9 Å². The molecule has 0 bridgehead atoms. The van der Waals surface area contributed by atoms with Gasteiger partial charge in [-0.25, -0.2) is 4.99 Å². The van der Waals surface area contributed by atoms with Crippen molar-refractivity contribution in [3.05, 3.63) is 64.7 Å². The van der Waals surface area contributed by atoms with Crippen molar-refractivity contribution in [2.45, 2.75) is 4.90 Å². The monoisotopic (exact) mass is 434 g/mol. The second-order valence-electron chi connectivity index (χ2n) is 6.87. The highest BCUT2D eigenvalue weighted by Gasteiger charge is 2.37. The molecule has 2 aromatic carbocycles. The van der Waals surface area contributed by atoms with Crippen molar-refractivity contribution in [2.75, 3.05) is 26.1 Å². The first-order chi connectivity index (χ1) is 14.5. The lowest BCUT2D eigenvalue weighted by molar-refractivity contribution is -0.121. The molecular formula is C22H18N4O2S2. The minimum Gasteiger partial charge on any atom is -0.497 e. The molecule has 30 heavy (non-hydrogen) atoms. The predicted molar refractivity (Wildman–Crippen MR) is 123 cm³/mol. The maximum absolute atomic E-state index is 13.0. The largest absolute Gasteiger partial charge is 0.497 e. The topological polar surface area (TPSA) is 58.0 Å². The number of methoxy groups -OCH3 is 1. The number of anilines is 1. The number of nitrogens with zero attached hydrogens (tertiary/aromatic N) is 4. The lowest BCUT2D eigenvalue weighted by Crippen LogP contribution is -2.24. The van der Waals surface area contributed by atoms with E-state index in [0.717, 1.165) is 38.0 Å². The van der Waals surface area contributed by atoms with Gasteiger partial charge in [0.2, 0.25) is 0 Å². The molecule has 3 heterocycles. The third kappa shape index (κ3) is 3.12. The molecule has 3 aromatic rings. The Hall–Kier alpha value is -2.97. The van der Waals surface area contributed by atoms with E-state index in [1.165, 1.54) is 11.8 Å². The molecule has 0 unspecified atom stereocenters. The van der Waals surface area contributed by atoms with Crippen molar-refractivity contribution in [1.82, 2.24) is 9.88 Å². The zero-order chi connectivity index (χ0) is 20.8. The van der Waals surface area contributed by atoms with Crippen LogP contribution in [-0.4, -0.2) is 42.2 Å². The summed E-state index contributed by atoms with van der Waals surface area (Å²) in [6.07, 6.45) is 1.77. The molecule has 1 aromatic heterocycles. The number of carbonyl (C=O) groups is 1. The number of fused-ring (bicyclic) bond motifs is 2. The summed E-state index contributed by atoms with van der Waals surface area (Å²) in [6.45, 7) is 0. The highest BCUT2D eigenvalue weighted by atomic mass is 32.2. The number of benzene rings is 2. The van der Waals surface area contributed by atoms with Crippen molar-refractivity contribution in [2.24, 2.45) is 4.99 Å². The Morgan fingerprint density at radius 2 is 1.90 bits per heavy atom. The number of carbonyl (C=O) groups excluding carboxylic acids is 1. The van der Waals surface area contributed by atoms with Gasteiger partial charge in [0.15, 0.2) is 5.17 Å². The second-order valence-corrected chi connectivity index (χ2v) is 8.88. The highest BCUT2D eigenvalue weighted by Crippen LogP contribution is 2.50. The summed E-state index contributed by atoms with van der Waals surface area (Å²) < 4.78 is 5.34. The molecule has 1 saturated heterocycles. The normalized spacial score (nSPS) is 19.8. The summed E-state index contributed by atoms with van der Waals surface area (Å²) in [6, 6.07) is 15.7. The van der Waals surface area contributed by atoms with Gasteiger partial charge in [0.25, 0.3) is 5.91 Å². The number of hydrogen-bond acceptors (Lipinski definition) is 7. The number of rotatable bonds is 2. The van der Waals surface area contributed by atoms with Gasteiger partial charge in [-0.2, -0.15) is 0 Å². The Morgan fingerprint density at radius 1 is 1.03 bits per heavy atom. The summed E-state index contributed by atoms with van der Waals surface area (Å²) in [5.41, 5.74) is 2.75. The number of aromatic nitrogens is 1. The molecule has 5 rings (SSSR count). The molecule has 150 valence electrons. The average Bonchev–Trinajstić information content (AvgIpc) is 3.24. The van der Waals surface area contributed by atoms with Gasteiger partial charge in [0, 0.05) is 36.6 Å². The van der Waals surface area contributed by atoms with Crippen LogP contribution in [0.15, 0.2) is 74.5 Å². The lowest BCUT2D eigenvalue weighted by Gasteiger charge is -2.15. The number of thioether (sulfide) groups is 2. The molecule has 0 atom stereocenters. The summed E-state index contributed by atoms with van der Waals surface area (Å²) in [7, 11) is 5.39. The predicted octanol–water partition coefficient (Wildman–Crippen LogP) is 4.85. The Labute approximate surface area is 182 Å². The summed E-state index contributed by atoms with van der Waals surface area (Å²) >= 11 is 3.00. The number of pyridine rings is 1. The lowest BCUT2D eigenvalue weighted by atomic mass is 10.2. The fraction of sp³-hybridized carbons (Fsp3) is 0.136. The molecule has 6 nitrogen and oxygen atoms in total. The fourth-order valence-corrected chi connectivity index (χ4v) is 5.68. The van der Waals surface area contributed by atoms with Crippen molar-refractivity contribution >= 4 is 56.9 Å². The van der Waals surface area contributed by atoms with Crippen LogP contribution in [0.2, 0.25) is 0 Å². The fourth-order valence-electron chi connectivity index (χ4n) is 3.37. The van der Waals surface area contributed by atoms with Crippen LogP contribution < -0.4 is 9.64 Å². The van der Waals surface area contributed by atoms with E-state index in [1.54, 1.807) is 37.0 Å². The number of hydrogen-bond donors (Lipinski definition) is 0. The van der Waals surface area contributed by atoms with E-state index in [-0.39, 0.29) is 5.91 Å². The van der Waals surface area contributed by atoms with E-state index in [1.807, 2.05) is 60.5 Å². The molecule has 1 amide bonds. The number of amides is 1. The van der Waals surface area contributed by atoms with Gasteiger partial charge in [0.05, 0.1) is 29.0 Å². The minimum atomic E-state index is -0.0460. The zero-order valence-corrected chi connectivity index (χ0v) is 18.3. The molecule has 2 aliphatic rings. The van der Waals surface area contributed by atoms with E-state index >= 15 is 0 Å². The summed E-state index contributed by atoms with van der Waals surface area (Å²) in [5.74, 6) is 0.748. The van der Waals surface area contributed by atoms with E-state index < -0.39 is 0 Å². The van der Waals surface area contributed by atoms with Gasteiger partial charge in [-0.15, -0.1) is 0 Å². The maximum Gasteiger partial charge on any atom is 0.269 e. The maximum atomic E-state index is 13.0. The van der Waals surface area contributed by atoms with Gasteiger partial charge in [0.1, 0.15) is 10.7 Å². The molecule has 0 N–H and O–H groups in total. The van der Waals surface area contributed by atoms with E-state index in [2.05, 4.69) is 4.98 Å². The standard InChI is InChI=1S/C22H18N4O2S2/c1-25-17-12-15(28-3)7-9-18(17)29-21(25)19-20(27)26(2)22(30-19)24-14-6-8-16-13(11-14)5-4-10-23-16/h4-12H,1-3H3/b21-19+,24-22?. The Bertz CT molecular complexity index is 1250. The van der Waals surface area contributed by atoms with Crippen LogP contribution in [0.1, 0.15) is 0 Å². The zero-order valence-electron chi connectivity index (χ0n) is 16.6. The van der Waals surface area contributed by atoms with E-state index in [4.69, 9.17) is 9.73 Å². The van der Waals surface area contributed by atoms with Gasteiger partial charge < -0.3 is 9.64 Å². The molecule has 0 saturated carbocycles. The van der Waals surface area contributed by atoms with E-state index in [0.29, 0.717) is 10.1 Å². The van der Waals surface area contributed by atoms with Crippen molar-refractivity contribution in [3.8, 4) is 5.75 Å². The molecule has 0 radical (unpaired) electrons. The third-order valence-electron chi connectivity index (χ3n) is 5.02. The number of ether oxygens (including phenoxy) is 1. The molecule has 2 aliphatic heterocycles. The smallest absolute Gasteiger partial charge is 0.269 e. The minimum absolute atomic E-state index is 0.0460. The Kier molecular flexibility index (Phi) is 4.67. The molecule has 0 aliphatic carbocycles. The number of amidine groups is 1. The van der Waals surface area contributed by atoms with Gasteiger partial charge in [-0.05, 0) is 48.2 Å². The quantitative estimate of drug-likeness (QED) is 0.538. The van der Waals surface area contributed by atoms with E-state index in [9.17, 15) is 4.79 Å². The van der Waals surface area contributed by atoms with Gasteiger partial charge in [-0.1, -0.05) is 17.8 Å². The summed E-state index contributed by atoms with van der Waals surface area (Å²) in [5, 5.41) is 2.59. The Balaban J connectivity index is 1.50. The first kappa shape index (κ1) is 19.0. The number of likely N-dealkylation sites (N-methyl/N-ethyl adjacent to an activating group) is 1. The van der Waals surface area contributed by atoms with Crippen LogP contribution in [0.4, 0.5) is 11.4 Å². The first-order valence-electron chi connectivity index (χ1n) is 9.28. The SMILES string of the molecule is COc1ccc2c(c1)N(C)/C(=C1\SC(=Nc3ccc4ncccc4c3)N(C)C1=O)S2. The average molecular weight is 435 g/mol. The molecule has 1 fully saturated rings. The van der Waals surface area contributed by atoms with Crippen LogP contribution in [-0.2, 0) is 4.79 Å². The number of aliphatic imine (C=N–C) groups is 1. The second kappa shape index (κ2) is 7.37. The third-order valence-corrected chi connectivity index (χ3v) is 7.51. The Morgan fingerprint density at radius 3 is 2.73 bits per heavy atom. The van der Waals surface area contributed by atoms with Gasteiger partial charge >= 0.3 is 0 Å². The highest BCUT2D eigenvalue weighted by molar-refractivity contribution is 8.19. The van der Waals surface area contributed by atoms with Crippen molar-refractivity contribution < 1.29 is 9.53 Å². The molecular weight excluding hydrogens is 416 g/mol. The van der Waals surface area contributed by atoms with Crippen LogP contribution in [0.3, 0.4) is 0 Å². The van der Waals surface area contributed by atoms with Gasteiger partial charge in [-0.3, -0.25) is 14.7 Å². The molecule has 0 spiro atoms. The van der Waals surface area contributed by atoms with Crippen molar-refractivity contribution in [3.63, 3.8) is 0 Å². The van der Waals surface area contributed by atoms with Crippen LogP contribution in [0, 0.1) is 0 Å². The van der Waals surface area contributed by atoms with Crippen molar-refractivity contribution in [1.29, 1.82) is 0 Å². The first-order valence-corrected chi connectivity index (χ1v) is 10.9. The molecule has 8 heteroatoms. The van der Waals surface area contributed by atoms with Crippen LogP contribution >= 0.6 is 23.5 Å². The summed E-state index contributed by atoms with van der Waals surface area (Å²) in [4.78, 5) is 27.5.